The van der Waals surface area contributed by atoms with Crippen molar-refractivity contribution in [2.24, 2.45) is 0 Å². The Morgan fingerprint density at radius 2 is 1.52 bits per heavy atom. The van der Waals surface area contributed by atoms with Gasteiger partial charge in [0.05, 0.1) is 10.6 Å². The summed E-state index contributed by atoms with van der Waals surface area (Å²) < 4.78 is 91.4. The van der Waals surface area contributed by atoms with E-state index in [1.54, 1.807) is 0 Å². The number of benzene rings is 2. The molecule has 2 rings (SSSR count). The van der Waals surface area contributed by atoms with Crippen molar-refractivity contribution in [3.63, 3.8) is 0 Å². The van der Waals surface area contributed by atoms with E-state index in [9.17, 15) is 30.4 Å². The lowest BCUT2D eigenvalue weighted by molar-refractivity contribution is -0.274. The van der Waals surface area contributed by atoms with Gasteiger partial charge in [-0.3, -0.25) is 4.72 Å². The Bertz CT molecular complexity index is 803. The highest BCUT2D eigenvalue weighted by molar-refractivity contribution is 7.92. The highest BCUT2D eigenvalue weighted by Gasteiger charge is 2.31. The predicted molar refractivity (Wildman–Crippen MR) is 70.3 cm³/mol. The van der Waals surface area contributed by atoms with Gasteiger partial charge in [-0.25, -0.2) is 17.2 Å². The lowest BCUT2D eigenvalue weighted by Crippen LogP contribution is -2.17. The van der Waals surface area contributed by atoms with Crippen LogP contribution < -0.4 is 9.46 Å². The van der Waals surface area contributed by atoms with Gasteiger partial charge < -0.3 is 4.74 Å². The van der Waals surface area contributed by atoms with Crippen LogP contribution in [0.15, 0.2) is 47.4 Å². The Kier molecular flexibility index (Phi) is 4.46. The van der Waals surface area contributed by atoms with Crippen molar-refractivity contribution in [1.82, 2.24) is 0 Å². The SMILES string of the molecule is O=S(=O)(Nc1ccc(F)c(F)c1)c1ccc(OC(F)(F)F)cc1. The van der Waals surface area contributed by atoms with Crippen molar-refractivity contribution in [2.45, 2.75) is 11.3 Å². The number of halogens is 5. The predicted octanol–water partition coefficient (Wildman–Crippen LogP) is 3.66. The highest BCUT2D eigenvalue weighted by atomic mass is 32.2. The highest BCUT2D eigenvalue weighted by Crippen LogP contribution is 2.25. The molecule has 0 aromatic heterocycles. The summed E-state index contributed by atoms with van der Waals surface area (Å²) in [5.41, 5.74) is -0.237. The van der Waals surface area contributed by atoms with E-state index in [-0.39, 0.29) is 10.6 Å². The molecule has 0 bridgehead atoms. The van der Waals surface area contributed by atoms with E-state index in [1.807, 2.05) is 4.72 Å². The summed E-state index contributed by atoms with van der Waals surface area (Å²) in [4.78, 5) is -0.378. The first-order valence-corrected chi connectivity index (χ1v) is 7.39. The molecular formula is C13H8F5NO3S. The average Bonchev–Trinajstić information content (AvgIpc) is 2.41. The van der Waals surface area contributed by atoms with E-state index >= 15 is 0 Å². The maximum absolute atomic E-state index is 13.0. The van der Waals surface area contributed by atoms with Gasteiger partial charge in [0.25, 0.3) is 10.0 Å². The summed E-state index contributed by atoms with van der Waals surface area (Å²) >= 11 is 0. The summed E-state index contributed by atoms with van der Waals surface area (Å²) in [6.45, 7) is 0. The third-order valence-corrected chi connectivity index (χ3v) is 3.94. The molecule has 4 nitrogen and oxygen atoms in total. The number of alkyl halides is 3. The molecule has 2 aromatic carbocycles. The molecular weight excluding hydrogens is 345 g/mol. The molecule has 0 spiro atoms. The smallest absolute Gasteiger partial charge is 0.406 e. The molecule has 0 aliphatic heterocycles. The van der Waals surface area contributed by atoms with Gasteiger partial charge in [0.15, 0.2) is 11.6 Å². The summed E-state index contributed by atoms with van der Waals surface area (Å²) in [5, 5.41) is 0. The molecule has 124 valence electrons. The van der Waals surface area contributed by atoms with Gasteiger partial charge >= 0.3 is 6.36 Å². The topological polar surface area (TPSA) is 55.4 Å². The molecule has 23 heavy (non-hydrogen) atoms. The Labute approximate surface area is 127 Å². The molecule has 0 unspecified atom stereocenters. The standard InChI is InChI=1S/C13H8F5NO3S/c14-11-6-1-8(7-12(11)15)19-23(20,21)10-4-2-9(3-5-10)22-13(16,17)18/h1-7,19H. The van der Waals surface area contributed by atoms with Crippen LogP contribution in [0.2, 0.25) is 0 Å². The van der Waals surface area contributed by atoms with Crippen LogP contribution in [0, 0.1) is 11.6 Å². The van der Waals surface area contributed by atoms with Gasteiger partial charge in [-0.05, 0) is 36.4 Å². The van der Waals surface area contributed by atoms with Crippen molar-refractivity contribution in [3.05, 3.63) is 54.1 Å². The molecule has 2 aromatic rings. The zero-order valence-corrected chi connectivity index (χ0v) is 11.9. The summed E-state index contributed by atoms with van der Waals surface area (Å²) in [7, 11) is -4.18. The Balaban J connectivity index is 2.20. The summed E-state index contributed by atoms with van der Waals surface area (Å²) in [6, 6.07) is 5.74. The molecule has 0 saturated carbocycles. The lowest BCUT2D eigenvalue weighted by Gasteiger charge is -2.11. The van der Waals surface area contributed by atoms with Crippen LogP contribution in [-0.4, -0.2) is 14.8 Å². The third kappa shape index (κ3) is 4.55. The molecule has 0 saturated heterocycles. The maximum Gasteiger partial charge on any atom is 0.573 e. The number of nitrogens with one attached hydrogen (secondary N) is 1. The minimum atomic E-state index is -4.90. The molecule has 0 aliphatic carbocycles. The molecule has 0 radical (unpaired) electrons. The Morgan fingerprint density at radius 1 is 0.913 bits per heavy atom. The quantitative estimate of drug-likeness (QED) is 0.854. The van der Waals surface area contributed by atoms with Crippen molar-refractivity contribution < 1.29 is 35.1 Å². The summed E-state index contributed by atoms with van der Waals surface area (Å²) in [5.74, 6) is -3.00. The van der Waals surface area contributed by atoms with E-state index in [1.165, 1.54) is 0 Å². The van der Waals surface area contributed by atoms with Gasteiger partial charge in [0.1, 0.15) is 5.75 Å². The van der Waals surface area contributed by atoms with Crippen molar-refractivity contribution in [3.8, 4) is 5.75 Å². The first kappa shape index (κ1) is 17.0. The molecule has 0 heterocycles. The third-order valence-electron chi connectivity index (χ3n) is 2.54. The van der Waals surface area contributed by atoms with Crippen LogP contribution >= 0.6 is 0 Å². The van der Waals surface area contributed by atoms with Gasteiger partial charge in [0.2, 0.25) is 0 Å². The van der Waals surface area contributed by atoms with E-state index in [2.05, 4.69) is 4.74 Å². The minimum absolute atomic E-state index is 0.237. The molecule has 10 heteroatoms. The fourth-order valence-corrected chi connectivity index (χ4v) is 2.64. The van der Waals surface area contributed by atoms with Crippen molar-refractivity contribution in [1.29, 1.82) is 0 Å². The monoisotopic (exact) mass is 353 g/mol. The molecule has 0 fully saturated rings. The molecule has 0 aliphatic rings. The number of anilines is 1. The minimum Gasteiger partial charge on any atom is -0.406 e. The Morgan fingerprint density at radius 3 is 2.04 bits per heavy atom. The van der Waals surface area contributed by atoms with Crippen LogP contribution in [0.25, 0.3) is 0 Å². The number of hydrogen-bond acceptors (Lipinski definition) is 3. The molecule has 0 atom stereocenters. The van der Waals surface area contributed by atoms with E-state index in [0.29, 0.717) is 6.07 Å². The van der Waals surface area contributed by atoms with Crippen LogP contribution in [0.1, 0.15) is 0 Å². The molecule has 0 amide bonds. The second-order valence-electron chi connectivity index (χ2n) is 4.25. The zero-order valence-electron chi connectivity index (χ0n) is 11.1. The molecule has 1 N–H and O–H groups in total. The second-order valence-corrected chi connectivity index (χ2v) is 5.94. The normalized spacial score (nSPS) is 12.0. The number of sulfonamides is 1. The number of ether oxygens (including phenoxy) is 1. The van der Waals surface area contributed by atoms with Crippen LogP contribution in [0.4, 0.5) is 27.6 Å². The van der Waals surface area contributed by atoms with Crippen molar-refractivity contribution >= 4 is 15.7 Å². The first-order chi connectivity index (χ1) is 10.6. The van der Waals surface area contributed by atoms with Gasteiger partial charge in [-0.1, -0.05) is 0 Å². The number of rotatable bonds is 4. The number of hydrogen-bond donors (Lipinski definition) is 1. The first-order valence-electron chi connectivity index (χ1n) is 5.90. The fourth-order valence-electron chi connectivity index (χ4n) is 1.59. The van der Waals surface area contributed by atoms with Crippen LogP contribution in [0.5, 0.6) is 5.75 Å². The second kappa shape index (κ2) is 6.03. The fraction of sp³-hybridized carbons (Fsp3) is 0.0769. The van der Waals surface area contributed by atoms with Gasteiger partial charge in [-0.2, -0.15) is 0 Å². The summed E-state index contributed by atoms with van der Waals surface area (Å²) in [6.07, 6.45) is -4.90. The largest absolute Gasteiger partial charge is 0.573 e. The lowest BCUT2D eigenvalue weighted by atomic mass is 10.3. The van der Waals surface area contributed by atoms with Crippen molar-refractivity contribution in [2.75, 3.05) is 4.72 Å². The van der Waals surface area contributed by atoms with Crippen LogP contribution in [-0.2, 0) is 10.0 Å². The van der Waals surface area contributed by atoms with E-state index in [0.717, 1.165) is 36.4 Å². The average molecular weight is 353 g/mol. The van der Waals surface area contributed by atoms with E-state index in [4.69, 9.17) is 0 Å². The van der Waals surface area contributed by atoms with Gasteiger partial charge in [0, 0.05) is 6.07 Å². The van der Waals surface area contributed by atoms with Crippen LogP contribution in [0.3, 0.4) is 0 Å². The van der Waals surface area contributed by atoms with E-state index < -0.39 is 33.8 Å². The Hall–Kier alpha value is -2.36. The van der Waals surface area contributed by atoms with Gasteiger partial charge in [-0.15, -0.1) is 13.2 Å². The zero-order chi connectivity index (χ0) is 17.3. The maximum atomic E-state index is 13.0.